The topological polar surface area (TPSA) is 331 Å². The number of carboxylic acid groups (broad SMARTS) is 2. The Labute approximate surface area is 365 Å². The number of benzene rings is 6. The summed E-state index contributed by atoms with van der Waals surface area (Å²) in [5.74, 6) is -3.63. The van der Waals surface area contributed by atoms with Crippen LogP contribution in [-0.4, -0.2) is 94.0 Å². The number of phenols is 2. The number of nitrogen functional groups attached to an aromatic ring is 1. The van der Waals surface area contributed by atoms with Gasteiger partial charge >= 0.3 is 11.9 Å². The number of non-ortho nitro benzene ring substituents is 1. The van der Waals surface area contributed by atoms with Crippen LogP contribution in [0.15, 0.2) is 127 Å². The first kappa shape index (κ1) is 44.7. The molecule has 6 aromatic rings. The van der Waals surface area contributed by atoms with Gasteiger partial charge in [0.1, 0.15) is 56.1 Å². The van der Waals surface area contributed by atoms with Crippen LogP contribution in [0, 0.1) is 10.1 Å². The number of ether oxygens (including phenoxy) is 2. The Balaban J connectivity index is 0.00000704. The minimum absolute atomic E-state index is 0. The first-order valence-electron chi connectivity index (χ1n) is 16.8. The number of azo groups is 3. The number of rotatable bonds is 13. The zero-order valence-corrected chi connectivity index (χ0v) is 34.6. The fraction of sp³-hybridized carbons (Fsp3) is 0.0526. The van der Waals surface area contributed by atoms with Gasteiger partial charge in [0.15, 0.2) is 5.75 Å². The van der Waals surface area contributed by atoms with Gasteiger partial charge in [-0.15, -0.1) is 25.6 Å². The molecule has 0 atom stereocenters. The molecule has 23 heteroatoms. The monoisotopic (exact) mass is 859 g/mol. The van der Waals surface area contributed by atoms with Gasteiger partial charge in [-0.05, 0) is 77.9 Å². The molecule has 21 nitrogen and oxygen atoms in total. The molecule has 61 heavy (non-hydrogen) atoms. The van der Waals surface area contributed by atoms with Gasteiger partial charge in [0.25, 0.3) is 15.8 Å². The molecule has 1 radical (unpaired) electrons. The van der Waals surface area contributed by atoms with Gasteiger partial charge in [-0.2, -0.15) is 13.5 Å². The average Bonchev–Trinajstić information content (AvgIpc) is 3.21. The number of hydrogen-bond acceptors (Lipinski definition) is 17. The van der Waals surface area contributed by atoms with E-state index in [-0.39, 0.29) is 80.1 Å². The molecule has 0 bridgehead atoms. The number of aromatic hydroxyl groups is 2. The number of nitro benzene ring substituents is 1. The van der Waals surface area contributed by atoms with Crippen LogP contribution in [0.1, 0.15) is 20.7 Å². The number of nitrogens with zero attached hydrogens (tertiary/aromatic N) is 7. The van der Waals surface area contributed by atoms with Crippen molar-refractivity contribution in [2.75, 3.05) is 20.0 Å². The van der Waals surface area contributed by atoms with Crippen molar-refractivity contribution in [1.82, 2.24) is 0 Å². The zero-order valence-electron chi connectivity index (χ0n) is 31.8. The minimum atomic E-state index is -5.13. The summed E-state index contributed by atoms with van der Waals surface area (Å²) in [6.07, 6.45) is 0. The standard InChI is InChI=1S/C38H28N8O13S.Na/c1-58-31-13-18(3-9-28(31)42-40-20-5-12-30(47)25(15-20)38(51)52)19-4-10-29(32(14-19)59-2)43-45-35-33(60(55,56)57)17-23-22(36(35)48)7-8-26(39)34(23)44-41-27-11-6-21(46(53)54)16-24(27)37(49)50;/h3-17,47-48H,39H2,1-2H3,(H,49,50)(H,51,52)(H,55,56,57);. The summed E-state index contributed by atoms with van der Waals surface area (Å²) >= 11 is 0. The minimum Gasteiger partial charge on any atom is -0.507 e. The van der Waals surface area contributed by atoms with E-state index in [1.54, 1.807) is 30.3 Å². The van der Waals surface area contributed by atoms with E-state index >= 15 is 0 Å². The molecule has 0 aliphatic heterocycles. The Morgan fingerprint density at radius 1 is 0.672 bits per heavy atom. The molecule has 0 amide bonds. The number of hydrogen-bond donors (Lipinski definition) is 6. The van der Waals surface area contributed by atoms with Gasteiger partial charge in [0.2, 0.25) is 0 Å². The van der Waals surface area contributed by atoms with Crippen LogP contribution >= 0.6 is 0 Å². The van der Waals surface area contributed by atoms with Crippen molar-refractivity contribution in [3.63, 3.8) is 0 Å². The fourth-order valence-electron chi connectivity index (χ4n) is 5.68. The first-order chi connectivity index (χ1) is 28.5. The fourth-order valence-corrected chi connectivity index (χ4v) is 6.33. The van der Waals surface area contributed by atoms with Crippen LogP contribution in [0.3, 0.4) is 0 Å². The van der Waals surface area contributed by atoms with E-state index in [0.29, 0.717) is 22.6 Å². The molecular weight excluding hydrogens is 832 g/mol. The Kier molecular flexibility index (Phi) is 13.4. The van der Waals surface area contributed by atoms with Gasteiger partial charge in [-0.1, -0.05) is 12.1 Å². The number of aromatic carboxylic acids is 2. The van der Waals surface area contributed by atoms with Crippen molar-refractivity contribution in [2.45, 2.75) is 4.90 Å². The van der Waals surface area contributed by atoms with E-state index in [0.717, 1.165) is 30.3 Å². The second kappa shape index (κ2) is 18.3. The maximum Gasteiger partial charge on any atom is 0.339 e. The Morgan fingerprint density at radius 3 is 1.79 bits per heavy atom. The molecule has 6 aromatic carbocycles. The second-order valence-corrected chi connectivity index (χ2v) is 13.7. The largest absolute Gasteiger partial charge is 0.507 e. The molecule has 0 saturated carbocycles. The van der Waals surface area contributed by atoms with E-state index in [9.17, 15) is 53.1 Å². The molecule has 0 aliphatic rings. The molecule has 0 saturated heterocycles. The number of carbonyl (C=O) groups is 2. The maximum absolute atomic E-state index is 12.7. The Morgan fingerprint density at radius 2 is 1.23 bits per heavy atom. The SMILES string of the molecule is COc1cc(-c2ccc(N=Nc3c(S(=O)(=O)O)cc4c(N=Nc5ccc([N+](=O)[O-])cc5C(=O)O)c(N)ccc4c3O)c(OC)c2)ccc1N=Nc1ccc(O)c(C(=O)O)c1.[Na]. The molecule has 0 unspecified atom stereocenters. The van der Waals surface area contributed by atoms with Crippen LogP contribution in [0.4, 0.5) is 45.5 Å². The number of fused-ring (bicyclic) bond motifs is 1. The predicted octanol–water partition coefficient (Wildman–Crippen LogP) is 8.93. The van der Waals surface area contributed by atoms with Crippen LogP contribution in [-0.2, 0) is 10.1 Å². The second-order valence-electron chi connectivity index (χ2n) is 12.3. The number of anilines is 1. The number of carboxylic acids is 2. The van der Waals surface area contributed by atoms with Gasteiger partial charge in [-0.3, -0.25) is 14.7 Å². The van der Waals surface area contributed by atoms with Crippen molar-refractivity contribution in [1.29, 1.82) is 0 Å². The normalized spacial score (nSPS) is 11.6. The average molecular weight is 860 g/mol. The third-order valence-corrected chi connectivity index (χ3v) is 9.49. The predicted molar refractivity (Wildman–Crippen MR) is 218 cm³/mol. The number of nitro groups is 1. The van der Waals surface area contributed by atoms with Crippen molar-refractivity contribution in [3.8, 4) is 34.1 Å². The Hall–Kier alpha value is -7.37. The zero-order chi connectivity index (χ0) is 43.5. The van der Waals surface area contributed by atoms with Crippen molar-refractivity contribution in [3.05, 3.63) is 112 Å². The van der Waals surface area contributed by atoms with Crippen molar-refractivity contribution >= 4 is 108 Å². The maximum atomic E-state index is 12.7. The van der Waals surface area contributed by atoms with E-state index < -0.39 is 60.3 Å². The molecule has 0 spiro atoms. The van der Waals surface area contributed by atoms with E-state index in [4.69, 9.17) is 15.2 Å². The quantitative estimate of drug-likeness (QED) is 0.0158. The van der Waals surface area contributed by atoms with Crippen molar-refractivity contribution in [2.24, 2.45) is 30.7 Å². The molecule has 0 aromatic heterocycles. The van der Waals surface area contributed by atoms with E-state index in [1.165, 1.54) is 44.6 Å². The van der Waals surface area contributed by atoms with Gasteiger partial charge in [0.05, 0.1) is 36.1 Å². The first-order valence-corrected chi connectivity index (χ1v) is 18.2. The molecule has 0 heterocycles. The number of methoxy groups -OCH3 is 2. The summed E-state index contributed by atoms with van der Waals surface area (Å²) in [6.45, 7) is 0. The molecule has 7 N–H and O–H groups in total. The third kappa shape index (κ3) is 9.59. The van der Waals surface area contributed by atoms with Gasteiger partial charge in [-0.25, -0.2) is 9.59 Å². The van der Waals surface area contributed by atoms with E-state index in [2.05, 4.69) is 30.7 Å². The third-order valence-electron chi connectivity index (χ3n) is 8.63. The summed E-state index contributed by atoms with van der Waals surface area (Å²) in [5, 5.41) is 75.0. The molecule has 0 aliphatic carbocycles. The molecule has 305 valence electrons. The molecule has 0 fully saturated rings. The van der Waals surface area contributed by atoms with Gasteiger partial charge < -0.3 is 35.6 Å². The summed E-state index contributed by atoms with van der Waals surface area (Å²) in [4.78, 5) is 32.6. The summed E-state index contributed by atoms with van der Waals surface area (Å²) in [5.41, 5.74) is 5.08. The van der Waals surface area contributed by atoms with E-state index in [1.807, 2.05) is 0 Å². The van der Waals surface area contributed by atoms with Crippen LogP contribution < -0.4 is 15.2 Å². The summed E-state index contributed by atoms with van der Waals surface area (Å²) in [7, 11) is -2.38. The van der Waals surface area contributed by atoms with Crippen LogP contribution in [0.25, 0.3) is 21.9 Å². The van der Waals surface area contributed by atoms with Crippen LogP contribution in [0.2, 0.25) is 0 Å². The smallest absolute Gasteiger partial charge is 0.339 e. The van der Waals surface area contributed by atoms with Gasteiger partial charge in [0, 0.05) is 52.5 Å². The summed E-state index contributed by atoms with van der Waals surface area (Å²) in [6, 6.07) is 19.7. The van der Waals surface area contributed by atoms with Crippen LogP contribution in [0.5, 0.6) is 23.0 Å². The van der Waals surface area contributed by atoms with Crippen molar-refractivity contribution < 1.29 is 57.4 Å². The Bertz CT molecular complexity index is 2980. The number of phenolic OH excluding ortho intramolecular Hbond substituents is 1. The molecule has 6 rings (SSSR count). The summed E-state index contributed by atoms with van der Waals surface area (Å²) < 4.78 is 46.6. The number of nitrogens with two attached hydrogens (primary N) is 1. The molecular formula is C38H28N8NaO13S.